The number of amides is 1. The second kappa shape index (κ2) is 8.06. The van der Waals surface area contributed by atoms with E-state index in [4.69, 9.17) is 11.6 Å². The van der Waals surface area contributed by atoms with Crippen LogP contribution in [0.15, 0.2) is 53.4 Å². The van der Waals surface area contributed by atoms with E-state index in [-0.39, 0.29) is 5.91 Å². The minimum absolute atomic E-state index is 0.179. The number of rotatable bonds is 4. The Labute approximate surface area is 152 Å². The van der Waals surface area contributed by atoms with Crippen molar-refractivity contribution in [3.63, 3.8) is 0 Å². The Hall–Kier alpha value is -1.49. The molecule has 0 spiro atoms. The standard InChI is InChI=1S/C19H21ClN2OS/c1-22-11-9-15(10-12-22)24-16-6-4-5-14(13-16)21-19(23)17-7-2-3-8-18(17)20/h2-8,13,15H,9-12H2,1H3,(H,21,23). The van der Waals surface area contributed by atoms with E-state index in [1.54, 1.807) is 12.1 Å². The summed E-state index contributed by atoms with van der Waals surface area (Å²) in [6.45, 7) is 2.31. The number of hydrogen-bond donors (Lipinski definition) is 1. The molecule has 1 saturated heterocycles. The van der Waals surface area contributed by atoms with Gasteiger partial charge >= 0.3 is 0 Å². The Kier molecular flexibility index (Phi) is 5.82. The highest BCUT2D eigenvalue weighted by molar-refractivity contribution is 8.00. The number of piperidine rings is 1. The summed E-state index contributed by atoms with van der Waals surface area (Å²) in [4.78, 5) is 15.9. The van der Waals surface area contributed by atoms with Crippen LogP contribution >= 0.6 is 23.4 Å². The van der Waals surface area contributed by atoms with Gasteiger partial charge in [0.05, 0.1) is 10.6 Å². The molecule has 0 radical (unpaired) electrons. The van der Waals surface area contributed by atoms with Crippen molar-refractivity contribution in [1.29, 1.82) is 0 Å². The van der Waals surface area contributed by atoms with Gasteiger partial charge in [-0.15, -0.1) is 11.8 Å². The predicted octanol–water partition coefficient (Wildman–Crippen LogP) is 4.78. The second-order valence-electron chi connectivity index (χ2n) is 6.08. The van der Waals surface area contributed by atoms with Crippen molar-refractivity contribution in [3.05, 3.63) is 59.1 Å². The number of thioether (sulfide) groups is 1. The number of anilines is 1. The van der Waals surface area contributed by atoms with Crippen molar-refractivity contribution in [2.45, 2.75) is 23.0 Å². The molecule has 0 aromatic heterocycles. The molecule has 0 unspecified atom stereocenters. The second-order valence-corrected chi connectivity index (χ2v) is 7.86. The van der Waals surface area contributed by atoms with Crippen molar-refractivity contribution in [2.24, 2.45) is 0 Å². The largest absolute Gasteiger partial charge is 0.322 e. The maximum absolute atomic E-state index is 12.4. The molecule has 1 aliphatic heterocycles. The predicted molar refractivity (Wildman–Crippen MR) is 102 cm³/mol. The maximum atomic E-state index is 12.4. The molecule has 24 heavy (non-hydrogen) atoms. The van der Waals surface area contributed by atoms with Crippen LogP contribution in [0, 0.1) is 0 Å². The van der Waals surface area contributed by atoms with E-state index in [1.165, 1.54) is 17.7 Å². The van der Waals surface area contributed by atoms with Crippen LogP contribution in [-0.4, -0.2) is 36.2 Å². The summed E-state index contributed by atoms with van der Waals surface area (Å²) < 4.78 is 0. The Balaban J connectivity index is 1.65. The molecule has 3 nitrogen and oxygen atoms in total. The molecular formula is C19H21ClN2OS. The van der Waals surface area contributed by atoms with Crippen LogP contribution < -0.4 is 5.32 Å². The highest BCUT2D eigenvalue weighted by atomic mass is 35.5. The van der Waals surface area contributed by atoms with Gasteiger partial charge in [0.15, 0.2) is 0 Å². The number of halogens is 1. The van der Waals surface area contributed by atoms with Crippen molar-refractivity contribution in [3.8, 4) is 0 Å². The first kappa shape index (κ1) is 17.3. The average molecular weight is 361 g/mol. The zero-order chi connectivity index (χ0) is 16.9. The molecule has 0 bridgehead atoms. The quantitative estimate of drug-likeness (QED) is 0.851. The number of nitrogens with zero attached hydrogens (tertiary/aromatic N) is 1. The third kappa shape index (κ3) is 4.53. The number of carbonyl (C=O) groups is 1. The molecule has 0 atom stereocenters. The van der Waals surface area contributed by atoms with E-state index in [0.29, 0.717) is 15.8 Å². The highest BCUT2D eigenvalue weighted by Gasteiger charge is 2.18. The molecule has 0 aliphatic carbocycles. The number of nitrogens with one attached hydrogen (secondary N) is 1. The molecule has 2 aromatic carbocycles. The molecule has 0 saturated carbocycles. The number of likely N-dealkylation sites (tertiary alicyclic amines) is 1. The van der Waals surface area contributed by atoms with Gasteiger partial charge in [0, 0.05) is 15.8 Å². The molecule has 1 heterocycles. The summed E-state index contributed by atoms with van der Waals surface area (Å²) in [5.74, 6) is -0.179. The fraction of sp³-hybridized carbons (Fsp3) is 0.316. The molecule has 5 heteroatoms. The fourth-order valence-electron chi connectivity index (χ4n) is 2.79. The number of hydrogen-bond acceptors (Lipinski definition) is 3. The van der Waals surface area contributed by atoms with Gasteiger partial charge in [-0.2, -0.15) is 0 Å². The maximum Gasteiger partial charge on any atom is 0.257 e. The number of carbonyl (C=O) groups excluding carboxylic acids is 1. The van der Waals surface area contributed by atoms with E-state index in [2.05, 4.69) is 23.3 Å². The lowest BCUT2D eigenvalue weighted by Gasteiger charge is -2.28. The zero-order valence-electron chi connectivity index (χ0n) is 13.7. The van der Waals surface area contributed by atoms with Crippen LogP contribution in [0.5, 0.6) is 0 Å². The summed E-state index contributed by atoms with van der Waals surface area (Å²) in [5, 5.41) is 4.05. The van der Waals surface area contributed by atoms with Gasteiger partial charge < -0.3 is 10.2 Å². The van der Waals surface area contributed by atoms with E-state index in [0.717, 1.165) is 18.8 Å². The summed E-state index contributed by atoms with van der Waals surface area (Å²) in [5.41, 5.74) is 1.30. The normalized spacial score (nSPS) is 16.1. The summed E-state index contributed by atoms with van der Waals surface area (Å²) in [6.07, 6.45) is 2.41. The lowest BCUT2D eigenvalue weighted by molar-refractivity contribution is 0.102. The molecule has 2 aromatic rings. The van der Waals surface area contributed by atoms with Crippen molar-refractivity contribution in [1.82, 2.24) is 4.90 Å². The van der Waals surface area contributed by atoms with Crippen LogP contribution in [0.3, 0.4) is 0 Å². The first-order valence-corrected chi connectivity index (χ1v) is 9.39. The Morgan fingerprint density at radius 2 is 1.92 bits per heavy atom. The molecule has 1 amide bonds. The minimum Gasteiger partial charge on any atom is -0.322 e. The Morgan fingerprint density at radius 1 is 1.17 bits per heavy atom. The van der Waals surface area contributed by atoms with Crippen molar-refractivity contribution in [2.75, 3.05) is 25.5 Å². The lowest BCUT2D eigenvalue weighted by Crippen LogP contribution is -2.31. The van der Waals surface area contributed by atoms with Crippen LogP contribution in [0.4, 0.5) is 5.69 Å². The van der Waals surface area contributed by atoms with Crippen LogP contribution in [0.25, 0.3) is 0 Å². The third-order valence-corrected chi connectivity index (χ3v) is 5.84. The van der Waals surface area contributed by atoms with Gasteiger partial charge in [-0.25, -0.2) is 0 Å². The Morgan fingerprint density at radius 3 is 2.67 bits per heavy atom. The van der Waals surface area contributed by atoms with Crippen molar-refractivity contribution >= 4 is 35.0 Å². The smallest absolute Gasteiger partial charge is 0.257 e. The highest BCUT2D eigenvalue weighted by Crippen LogP contribution is 2.31. The third-order valence-electron chi connectivity index (χ3n) is 4.18. The van der Waals surface area contributed by atoms with Gasteiger partial charge in [0.1, 0.15) is 0 Å². The molecule has 1 fully saturated rings. The molecule has 1 N–H and O–H groups in total. The first-order valence-electron chi connectivity index (χ1n) is 8.13. The monoisotopic (exact) mass is 360 g/mol. The molecule has 3 rings (SSSR count). The lowest BCUT2D eigenvalue weighted by atomic mass is 10.1. The molecule has 126 valence electrons. The first-order chi connectivity index (χ1) is 11.6. The molecule has 1 aliphatic rings. The fourth-order valence-corrected chi connectivity index (χ4v) is 4.19. The molecular weight excluding hydrogens is 340 g/mol. The van der Waals surface area contributed by atoms with Crippen LogP contribution in [0.2, 0.25) is 5.02 Å². The summed E-state index contributed by atoms with van der Waals surface area (Å²) >= 11 is 7.99. The van der Waals surface area contributed by atoms with E-state index < -0.39 is 0 Å². The SMILES string of the molecule is CN1CCC(Sc2cccc(NC(=O)c3ccccc3Cl)c2)CC1. The van der Waals surface area contributed by atoms with Gasteiger partial charge in [0.25, 0.3) is 5.91 Å². The Bertz CT molecular complexity index is 714. The summed E-state index contributed by atoms with van der Waals surface area (Å²) in [7, 11) is 2.17. The van der Waals surface area contributed by atoms with Gasteiger partial charge in [-0.05, 0) is 63.3 Å². The van der Waals surface area contributed by atoms with E-state index in [1.807, 2.05) is 42.1 Å². The van der Waals surface area contributed by atoms with E-state index >= 15 is 0 Å². The van der Waals surface area contributed by atoms with Crippen molar-refractivity contribution < 1.29 is 4.79 Å². The zero-order valence-corrected chi connectivity index (χ0v) is 15.2. The number of benzene rings is 2. The van der Waals surface area contributed by atoms with Gasteiger partial charge in [-0.3, -0.25) is 4.79 Å². The van der Waals surface area contributed by atoms with Crippen LogP contribution in [0.1, 0.15) is 23.2 Å². The van der Waals surface area contributed by atoms with Gasteiger partial charge in [-0.1, -0.05) is 29.8 Å². The summed E-state index contributed by atoms with van der Waals surface area (Å²) in [6, 6.07) is 15.1. The topological polar surface area (TPSA) is 32.3 Å². The van der Waals surface area contributed by atoms with E-state index in [9.17, 15) is 4.79 Å². The van der Waals surface area contributed by atoms with Gasteiger partial charge in [0.2, 0.25) is 0 Å². The average Bonchev–Trinajstić information content (AvgIpc) is 2.58. The minimum atomic E-state index is -0.179. The van der Waals surface area contributed by atoms with Crippen LogP contribution in [-0.2, 0) is 0 Å².